The van der Waals surface area contributed by atoms with Crippen LogP contribution in [0.15, 0.2) is 73.1 Å². The van der Waals surface area contributed by atoms with Crippen LogP contribution in [0.2, 0.25) is 0 Å². The van der Waals surface area contributed by atoms with Crippen LogP contribution in [0, 0.1) is 6.92 Å². The molecule has 0 saturated heterocycles. The lowest BCUT2D eigenvalue weighted by atomic mass is 9.96. The summed E-state index contributed by atoms with van der Waals surface area (Å²) in [5.74, 6) is 1.01. The van der Waals surface area contributed by atoms with E-state index in [2.05, 4.69) is 15.3 Å². The highest BCUT2D eigenvalue weighted by atomic mass is 16.5. The van der Waals surface area contributed by atoms with Gasteiger partial charge in [-0.25, -0.2) is 4.98 Å². The molecule has 0 amide bonds. The number of nitrogens with one attached hydrogen (secondary N) is 1. The van der Waals surface area contributed by atoms with Gasteiger partial charge in [0.15, 0.2) is 0 Å². The average Bonchev–Trinajstić information content (AvgIpc) is 2.75. The van der Waals surface area contributed by atoms with E-state index in [1.807, 2.05) is 74.5 Å². The van der Waals surface area contributed by atoms with E-state index in [1.54, 1.807) is 12.4 Å². The van der Waals surface area contributed by atoms with Crippen LogP contribution in [0.4, 0.5) is 5.69 Å². The summed E-state index contributed by atoms with van der Waals surface area (Å²) in [5, 5.41) is 15.5. The van der Waals surface area contributed by atoms with Crippen LogP contribution >= 0.6 is 0 Å². The monoisotopic (exact) mass is 385 g/mol. The zero-order chi connectivity index (χ0) is 20.2. The molecular formula is C24H23N3O2. The lowest BCUT2D eigenvalue weighted by Crippen LogP contribution is -2.13. The highest BCUT2D eigenvalue weighted by molar-refractivity contribution is 5.86. The Balaban J connectivity index is 1.77. The molecule has 0 spiro atoms. The van der Waals surface area contributed by atoms with E-state index in [0.29, 0.717) is 12.1 Å². The summed E-state index contributed by atoms with van der Waals surface area (Å²) in [5.41, 5.74) is 4.15. The Labute approximate surface area is 170 Å². The van der Waals surface area contributed by atoms with Gasteiger partial charge in [-0.3, -0.25) is 4.98 Å². The number of fused-ring (bicyclic) bond motifs is 1. The Hall–Kier alpha value is -3.60. The highest BCUT2D eigenvalue weighted by Gasteiger charge is 2.20. The fourth-order valence-corrected chi connectivity index (χ4v) is 3.40. The third kappa shape index (κ3) is 3.99. The zero-order valence-corrected chi connectivity index (χ0v) is 16.5. The van der Waals surface area contributed by atoms with Gasteiger partial charge in [-0.2, -0.15) is 0 Å². The number of rotatable bonds is 6. The molecule has 29 heavy (non-hydrogen) atoms. The Bertz CT molecular complexity index is 1110. The van der Waals surface area contributed by atoms with E-state index in [9.17, 15) is 5.11 Å². The van der Waals surface area contributed by atoms with Gasteiger partial charge in [-0.05, 0) is 61.9 Å². The van der Waals surface area contributed by atoms with Crippen molar-refractivity contribution < 1.29 is 9.84 Å². The normalized spacial score (nSPS) is 11.9. The molecule has 2 aromatic carbocycles. The molecule has 0 aliphatic rings. The van der Waals surface area contributed by atoms with Crippen LogP contribution in [0.3, 0.4) is 0 Å². The number of aryl methyl sites for hydroxylation is 1. The summed E-state index contributed by atoms with van der Waals surface area (Å²) in [4.78, 5) is 8.67. The molecule has 2 N–H and O–H groups in total. The first kappa shape index (κ1) is 18.7. The standard InChI is InChI=1S/C24H23N3O2/c1-3-29-20-9-7-19(8-10-20)27-22(18-12-14-25-15-13-18)21-11-6-17-5-4-16(2)26-23(17)24(21)28/h4-15,22,27-28H,3H2,1-2H3. The fourth-order valence-electron chi connectivity index (χ4n) is 3.40. The van der Waals surface area contributed by atoms with Crippen LogP contribution in [-0.4, -0.2) is 21.7 Å². The van der Waals surface area contributed by atoms with E-state index >= 15 is 0 Å². The number of anilines is 1. The maximum absolute atomic E-state index is 11.1. The first-order valence-electron chi connectivity index (χ1n) is 9.64. The summed E-state index contributed by atoms with van der Waals surface area (Å²) in [6.07, 6.45) is 3.51. The quantitative estimate of drug-likeness (QED) is 0.475. The first-order chi connectivity index (χ1) is 14.2. The predicted octanol–water partition coefficient (Wildman–Crippen LogP) is 5.24. The minimum atomic E-state index is -0.261. The molecule has 0 radical (unpaired) electrons. The number of ether oxygens (including phenoxy) is 1. The second kappa shape index (κ2) is 8.19. The van der Waals surface area contributed by atoms with Gasteiger partial charge in [0.1, 0.15) is 17.0 Å². The average molecular weight is 385 g/mol. The number of pyridine rings is 2. The molecule has 2 heterocycles. The maximum atomic E-state index is 11.1. The van der Waals surface area contributed by atoms with Crippen LogP contribution in [0.5, 0.6) is 11.5 Å². The number of hydrogen-bond acceptors (Lipinski definition) is 5. The van der Waals surface area contributed by atoms with Gasteiger partial charge < -0.3 is 15.2 Å². The van der Waals surface area contributed by atoms with Crippen molar-refractivity contribution in [2.24, 2.45) is 0 Å². The van der Waals surface area contributed by atoms with Crippen molar-refractivity contribution in [1.82, 2.24) is 9.97 Å². The Morgan fingerprint density at radius 2 is 1.69 bits per heavy atom. The number of nitrogens with zero attached hydrogens (tertiary/aromatic N) is 2. The third-order valence-electron chi connectivity index (χ3n) is 4.83. The van der Waals surface area contributed by atoms with E-state index in [4.69, 9.17) is 4.74 Å². The predicted molar refractivity (Wildman–Crippen MR) is 115 cm³/mol. The van der Waals surface area contributed by atoms with E-state index in [0.717, 1.165) is 33.6 Å². The van der Waals surface area contributed by atoms with Crippen molar-refractivity contribution in [2.75, 3.05) is 11.9 Å². The van der Waals surface area contributed by atoms with E-state index in [1.165, 1.54) is 0 Å². The van der Waals surface area contributed by atoms with Gasteiger partial charge in [0.2, 0.25) is 0 Å². The minimum Gasteiger partial charge on any atom is -0.505 e. The third-order valence-corrected chi connectivity index (χ3v) is 4.83. The van der Waals surface area contributed by atoms with E-state index in [-0.39, 0.29) is 11.8 Å². The minimum absolute atomic E-state index is 0.187. The molecular weight excluding hydrogens is 362 g/mol. The van der Waals surface area contributed by atoms with Crippen LogP contribution in [-0.2, 0) is 0 Å². The molecule has 4 aromatic rings. The van der Waals surface area contributed by atoms with Gasteiger partial charge >= 0.3 is 0 Å². The molecule has 1 atom stereocenters. The second-order valence-electron chi connectivity index (χ2n) is 6.84. The van der Waals surface area contributed by atoms with Crippen LogP contribution in [0.1, 0.15) is 29.8 Å². The van der Waals surface area contributed by atoms with Gasteiger partial charge in [0.05, 0.1) is 12.6 Å². The van der Waals surface area contributed by atoms with Gasteiger partial charge in [-0.15, -0.1) is 0 Å². The number of aromatic hydroxyl groups is 1. The number of aromatic nitrogens is 2. The smallest absolute Gasteiger partial charge is 0.147 e. The number of phenols is 1. The first-order valence-corrected chi connectivity index (χ1v) is 9.64. The van der Waals surface area contributed by atoms with Gasteiger partial charge in [-0.1, -0.05) is 18.2 Å². The van der Waals surface area contributed by atoms with Crippen molar-refractivity contribution in [1.29, 1.82) is 0 Å². The van der Waals surface area contributed by atoms with Crippen molar-refractivity contribution >= 4 is 16.6 Å². The topological polar surface area (TPSA) is 67.3 Å². The molecule has 0 aliphatic carbocycles. The number of hydrogen-bond donors (Lipinski definition) is 2. The SMILES string of the molecule is CCOc1ccc(NC(c2ccncc2)c2ccc3ccc(C)nc3c2O)cc1. The molecule has 5 nitrogen and oxygen atoms in total. The maximum Gasteiger partial charge on any atom is 0.147 e. The largest absolute Gasteiger partial charge is 0.505 e. The molecule has 2 aromatic heterocycles. The molecule has 0 fully saturated rings. The summed E-state index contributed by atoms with van der Waals surface area (Å²) < 4.78 is 5.53. The second-order valence-corrected chi connectivity index (χ2v) is 6.84. The number of phenolic OH excluding ortho intramolecular Hbond substituents is 1. The van der Waals surface area contributed by atoms with E-state index < -0.39 is 0 Å². The van der Waals surface area contributed by atoms with Crippen LogP contribution < -0.4 is 10.1 Å². The van der Waals surface area contributed by atoms with Crippen molar-refractivity contribution in [3.8, 4) is 11.5 Å². The molecule has 1 unspecified atom stereocenters. The van der Waals surface area contributed by atoms with Gasteiger partial charge in [0.25, 0.3) is 0 Å². The number of benzene rings is 2. The fraction of sp³-hybridized carbons (Fsp3) is 0.167. The summed E-state index contributed by atoms with van der Waals surface area (Å²) in [6.45, 7) is 4.51. The Kier molecular flexibility index (Phi) is 5.29. The van der Waals surface area contributed by atoms with Crippen molar-refractivity contribution in [3.63, 3.8) is 0 Å². The van der Waals surface area contributed by atoms with Crippen molar-refractivity contribution in [2.45, 2.75) is 19.9 Å². The summed E-state index contributed by atoms with van der Waals surface area (Å²) in [6, 6.07) is 19.3. The lowest BCUT2D eigenvalue weighted by molar-refractivity contribution is 0.340. The molecule has 0 aliphatic heterocycles. The summed E-state index contributed by atoms with van der Waals surface area (Å²) >= 11 is 0. The molecule has 0 bridgehead atoms. The van der Waals surface area contributed by atoms with Crippen molar-refractivity contribution in [3.05, 3.63) is 89.9 Å². The molecule has 5 heteroatoms. The lowest BCUT2D eigenvalue weighted by Gasteiger charge is -2.22. The summed E-state index contributed by atoms with van der Waals surface area (Å²) in [7, 11) is 0. The Morgan fingerprint density at radius 3 is 2.41 bits per heavy atom. The van der Waals surface area contributed by atoms with Gasteiger partial charge in [0, 0.05) is 34.7 Å². The molecule has 4 rings (SSSR count). The molecule has 0 saturated carbocycles. The zero-order valence-electron chi connectivity index (χ0n) is 16.5. The van der Waals surface area contributed by atoms with Crippen LogP contribution in [0.25, 0.3) is 10.9 Å². The molecule has 146 valence electrons. The highest BCUT2D eigenvalue weighted by Crippen LogP contribution is 2.36. The Morgan fingerprint density at radius 1 is 0.966 bits per heavy atom.